The average Bonchev–Trinajstić information content (AvgIpc) is 3.16. The van der Waals surface area contributed by atoms with E-state index in [1.54, 1.807) is 0 Å². The fourth-order valence-corrected chi connectivity index (χ4v) is 4.84. The third kappa shape index (κ3) is 6.72. The predicted molar refractivity (Wildman–Crippen MR) is 177 cm³/mol. The number of benzene rings is 4. The van der Waals surface area contributed by atoms with Crippen molar-refractivity contribution >= 4 is 34.4 Å². The van der Waals surface area contributed by atoms with Gasteiger partial charge in [0.15, 0.2) is 0 Å². The molecular weight excluding hydrogens is 478 g/mol. The molecule has 0 saturated carbocycles. The maximum absolute atomic E-state index is 3.79. The van der Waals surface area contributed by atoms with Crippen molar-refractivity contribution in [2.45, 2.75) is 68.7 Å². The van der Waals surface area contributed by atoms with Crippen LogP contribution in [0.5, 0.6) is 0 Å². The van der Waals surface area contributed by atoms with Gasteiger partial charge in [-0.25, -0.2) is 0 Å². The molecule has 5 rings (SSSR count). The number of thiol groups is 1. The molecule has 38 heavy (non-hydrogen) atoms. The van der Waals surface area contributed by atoms with Crippen LogP contribution >= 0.6 is 12.6 Å². The van der Waals surface area contributed by atoms with Gasteiger partial charge in [0, 0.05) is 28.9 Å². The van der Waals surface area contributed by atoms with E-state index in [1.807, 2.05) is 20.8 Å². The average molecular weight is 526 g/mol. The van der Waals surface area contributed by atoms with Crippen LogP contribution in [-0.4, -0.2) is 10.3 Å². The first-order chi connectivity index (χ1) is 18.3. The van der Waals surface area contributed by atoms with Crippen LogP contribution in [0.25, 0.3) is 44.1 Å². The molecule has 0 N–H and O–H groups in total. The highest BCUT2D eigenvalue weighted by molar-refractivity contribution is 7.80. The lowest BCUT2D eigenvalue weighted by atomic mass is 9.93. The monoisotopic (exact) mass is 525 g/mol. The number of nitrogens with zero attached hydrogens (tertiary/aromatic N) is 1. The van der Waals surface area contributed by atoms with Crippen molar-refractivity contribution in [1.29, 1.82) is 0 Å². The molecule has 0 bridgehead atoms. The summed E-state index contributed by atoms with van der Waals surface area (Å²) in [4.78, 5) is 0. The van der Waals surface area contributed by atoms with E-state index in [1.165, 1.54) is 72.7 Å². The van der Waals surface area contributed by atoms with Gasteiger partial charge >= 0.3 is 0 Å². The second-order valence-corrected chi connectivity index (χ2v) is 10.2. The van der Waals surface area contributed by atoms with Gasteiger partial charge in [-0.05, 0) is 102 Å². The summed E-state index contributed by atoms with van der Waals surface area (Å²) in [6, 6.07) is 26.8. The fraction of sp³-hybridized carbons (Fsp3) is 0.333. The molecule has 0 atom stereocenters. The third-order valence-corrected chi connectivity index (χ3v) is 6.57. The second kappa shape index (κ2) is 14.8. The van der Waals surface area contributed by atoms with Gasteiger partial charge in [-0.15, -0.1) is 0 Å². The van der Waals surface area contributed by atoms with E-state index in [4.69, 9.17) is 0 Å². The van der Waals surface area contributed by atoms with Crippen LogP contribution in [0.2, 0.25) is 0 Å². The largest absolute Gasteiger partial charge is 0.344 e. The molecule has 0 saturated heterocycles. The summed E-state index contributed by atoms with van der Waals surface area (Å²) in [5.41, 5.74) is 13.1. The highest BCUT2D eigenvalue weighted by Crippen LogP contribution is 2.38. The zero-order valence-electron chi connectivity index (χ0n) is 25.2. The first-order valence-electron chi connectivity index (χ1n) is 14.0. The SMILES string of the molecule is CC.CCC.CCS.Cc1ccccc1-c1cc2c(cc1C)c1cc(C)c(-c3ccccc3C)cc1n2C. The van der Waals surface area contributed by atoms with E-state index in [2.05, 4.69) is 139 Å². The first kappa shape index (κ1) is 31.2. The van der Waals surface area contributed by atoms with E-state index in [0.29, 0.717) is 0 Å². The molecular formula is C36H47NS. The van der Waals surface area contributed by atoms with Crippen molar-refractivity contribution in [1.82, 2.24) is 4.57 Å². The molecule has 0 aliphatic heterocycles. The minimum absolute atomic E-state index is 0.944. The summed E-state index contributed by atoms with van der Waals surface area (Å²) in [5, 5.41) is 2.67. The van der Waals surface area contributed by atoms with Crippen LogP contribution in [0.4, 0.5) is 0 Å². The number of rotatable bonds is 2. The minimum atomic E-state index is 0.944. The maximum atomic E-state index is 3.79. The summed E-state index contributed by atoms with van der Waals surface area (Å²) in [6.45, 7) is 19.1. The lowest BCUT2D eigenvalue weighted by Crippen LogP contribution is -1.91. The molecule has 1 aromatic heterocycles. The number of hydrogen-bond acceptors (Lipinski definition) is 1. The summed E-state index contributed by atoms with van der Waals surface area (Å²) >= 11 is 3.79. The lowest BCUT2D eigenvalue weighted by molar-refractivity contribution is 1.01. The Morgan fingerprint density at radius 2 is 0.868 bits per heavy atom. The fourth-order valence-electron chi connectivity index (χ4n) is 4.84. The van der Waals surface area contributed by atoms with Crippen LogP contribution in [0.15, 0.2) is 72.8 Å². The number of aryl methyl sites for hydroxylation is 5. The third-order valence-electron chi connectivity index (χ3n) is 6.57. The van der Waals surface area contributed by atoms with Crippen molar-refractivity contribution < 1.29 is 0 Å². The summed E-state index contributed by atoms with van der Waals surface area (Å²) in [7, 11) is 2.19. The first-order valence-corrected chi connectivity index (χ1v) is 14.7. The van der Waals surface area contributed by atoms with Crippen molar-refractivity contribution in [2.75, 3.05) is 5.75 Å². The molecule has 4 aromatic carbocycles. The molecule has 0 radical (unpaired) electrons. The molecule has 1 heterocycles. The summed E-state index contributed by atoms with van der Waals surface area (Å²) in [6.07, 6.45) is 1.25. The van der Waals surface area contributed by atoms with Crippen LogP contribution in [0, 0.1) is 27.7 Å². The molecule has 0 aliphatic carbocycles. The van der Waals surface area contributed by atoms with Crippen molar-refractivity contribution in [3.05, 3.63) is 95.1 Å². The molecule has 0 fully saturated rings. The van der Waals surface area contributed by atoms with E-state index in [9.17, 15) is 0 Å². The Bertz CT molecular complexity index is 1360. The number of aromatic nitrogens is 1. The minimum Gasteiger partial charge on any atom is -0.344 e. The highest BCUT2D eigenvalue weighted by atomic mass is 32.1. The normalized spacial score (nSPS) is 10.2. The molecule has 1 nitrogen and oxygen atoms in total. The van der Waals surface area contributed by atoms with Gasteiger partial charge in [-0.3, -0.25) is 0 Å². The van der Waals surface area contributed by atoms with Gasteiger partial charge in [-0.1, -0.05) is 89.6 Å². The highest BCUT2D eigenvalue weighted by Gasteiger charge is 2.15. The van der Waals surface area contributed by atoms with Crippen molar-refractivity contribution in [3.63, 3.8) is 0 Å². The van der Waals surface area contributed by atoms with Gasteiger partial charge in [0.05, 0.1) is 0 Å². The van der Waals surface area contributed by atoms with Gasteiger partial charge in [-0.2, -0.15) is 12.6 Å². The van der Waals surface area contributed by atoms with Crippen LogP contribution < -0.4 is 0 Å². The Hall–Kier alpha value is -2.97. The van der Waals surface area contributed by atoms with E-state index in [0.717, 1.165) is 5.75 Å². The summed E-state index contributed by atoms with van der Waals surface area (Å²) in [5.74, 6) is 0.944. The zero-order chi connectivity index (χ0) is 28.4. The molecule has 0 amide bonds. The Balaban J connectivity index is 0.000000571. The second-order valence-electron chi connectivity index (χ2n) is 9.58. The Morgan fingerprint density at radius 1 is 0.553 bits per heavy atom. The molecule has 0 unspecified atom stereocenters. The smallest absolute Gasteiger partial charge is 0.0495 e. The van der Waals surface area contributed by atoms with E-state index in [-0.39, 0.29) is 0 Å². The quantitative estimate of drug-likeness (QED) is 0.219. The molecule has 0 spiro atoms. The molecule has 0 aliphatic rings. The van der Waals surface area contributed by atoms with Gasteiger partial charge in [0.25, 0.3) is 0 Å². The van der Waals surface area contributed by atoms with Crippen molar-refractivity contribution in [2.24, 2.45) is 7.05 Å². The Morgan fingerprint density at radius 3 is 1.18 bits per heavy atom. The summed E-state index contributed by atoms with van der Waals surface area (Å²) < 4.78 is 2.35. The van der Waals surface area contributed by atoms with Crippen LogP contribution in [-0.2, 0) is 7.05 Å². The Kier molecular flexibility index (Phi) is 12.2. The topological polar surface area (TPSA) is 4.93 Å². The zero-order valence-corrected chi connectivity index (χ0v) is 26.1. The molecule has 2 heteroatoms. The molecule has 5 aromatic rings. The standard InChI is InChI=1S/C29H27N.C3H8.C2H6S.C2H6/c1-18-10-6-8-12-22(18)24-16-28-26(14-20(24)3)27-15-21(4)25(17-29(27)30(28)5)23-13-9-7-11-19(23)2;1-3-2;1-2-3;1-2/h6-17H,1-5H3;3H2,1-2H3;3H,2H2,1H3;1-2H3. The van der Waals surface area contributed by atoms with E-state index >= 15 is 0 Å². The molecule has 202 valence electrons. The Labute approximate surface area is 237 Å². The van der Waals surface area contributed by atoms with Gasteiger partial charge < -0.3 is 4.57 Å². The number of hydrogen-bond donors (Lipinski definition) is 1. The van der Waals surface area contributed by atoms with Crippen LogP contribution in [0.3, 0.4) is 0 Å². The van der Waals surface area contributed by atoms with E-state index < -0.39 is 0 Å². The lowest BCUT2D eigenvalue weighted by Gasteiger charge is -2.10. The predicted octanol–water partition coefficient (Wildman–Crippen LogP) is 11.3. The van der Waals surface area contributed by atoms with Crippen molar-refractivity contribution in [3.8, 4) is 22.3 Å². The maximum Gasteiger partial charge on any atom is 0.0495 e. The van der Waals surface area contributed by atoms with Crippen LogP contribution in [0.1, 0.15) is 63.3 Å². The van der Waals surface area contributed by atoms with Gasteiger partial charge in [0.1, 0.15) is 0 Å². The number of fused-ring (bicyclic) bond motifs is 3. The van der Waals surface area contributed by atoms with Gasteiger partial charge in [0.2, 0.25) is 0 Å².